The Bertz CT molecular complexity index is 1100. The first-order valence-corrected chi connectivity index (χ1v) is 10.2. The Morgan fingerprint density at radius 3 is 2.39 bits per heavy atom. The number of hydrogen-bond donors (Lipinski definition) is 0. The van der Waals surface area contributed by atoms with Crippen molar-refractivity contribution in [2.45, 2.75) is 38.9 Å². The minimum atomic E-state index is -0.547. The van der Waals surface area contributed by atoms with Gasteiger partial charge < -0.3 is 23.5 Å². The topological polar surface area (TPSA) is 76.9 Å². The van der Waals surface area contributed by atoms with E-state index >= 15 is 0 Å². The molecule has 0 amide bonds. The van der Waals surface area contributed by atoms with Gasteiger partial charge in [0.1, 0.15) is 11.3 Å². The monoisotopic (exact) mass is 425 g/mol. The fourth-order valence-electron chi connectivity index (χ4n) is 3.50. The zero-order chi connectivity index (χ0) is 22.4. The van der Waals surface area contributed by atoms with E-state index in [1.165, 1.54) is 0 Å². The molecule has 0 atom stereocenters. The fraction of sp³-hybridized carbons (Fsp3) is 0.455. The number of methoxy groups -OCH3 is 2. The maximum atomic E-state index is 6.22. The Balaban J connectivity index is 1.76. The van der Waals surface area contributed by atoms with Gasteiger partial charge in [0.15, 0.2) is 18.1 Å². The Hall–Kier alpha value is -2.62. The zero-order valence-corrected chi connectivity index (χ0v) is 19.1. The molecule has 9 heteroatoms. The molecule has 0 N–H and O–H groups in total. The number of fused-ring (bicyclic) bond motifs is 1. The van der Waals surface area contributed by atoms with E-state index in [0.29, 0.717) is 11.5 Å². The average molecular weight is 425 g/mol. The number of rotatable bonds is 6. The van der Waals surface area contributed by atoms with Crippen LogP contribution in [0.1, 0.15) is 27.7 Å². The van der Waals surface area contributed by atoms with Crippen molar-refractivity contribution >= 4 is 23.6 Å². The van der Waals surface area contributed by atoms with Crippen LogP contribution < -0.4 is 14.9 Å². The number of benzene rings is 1. The zero-order valence-electron chi connectivity index (χ0n) is 19.1. The van der Waals surface area contributed by atoms with Crippen molar-refractivity contribution in [3.05, 3.63) is 30.5 Å². The molecule has 8 nitrogen and oxygen atoms in total. The van der Waals surface area contributed by atoms with Crippen LogP contribution in [0.15, 0.2) is 30.5 Å². The first-order valence-electron chi connectivity index (χ1n) is 10.2. The van der Waals surface area contributed by atoms with Gasteiger partial charge in [0.25, 0.3) is 0 Å². The highest BCUT2D eigenvalue weighted by Gasteiger charge is 2.52. The number of hydrogen-bond acceptors (Lipinski definition) is 7. The van der Waals surface area contributed by atoms with E-state index < -0.39 is 18.3 Å². The van der Waals surface area contributed by atoms with E-state index in [0.717, 1.165) is 27.8 Å². The van der Waals surface area contributed by atoms with E-state index in [4.69, 9.17) is 28.5 Å². The number of ether oxygens (including phenoxy) is 3. The predicted octanol–water partition coefficient (Wildman–Crippen LogP) is 2.93. The molecule has 3 heterocycles. The molecule has 1 saturated heterocycles. The van der Waals surface area contributed by atoms with Gasteiger partial charge in [-0.15, -0.1) is 0 Å². The molecule has 2 aromatic heterocycles. The second-order valence-electron chi connectivity index (χ2n) is 8.64. The Labute approximate surface area is 182 Å². The highest BCUT2D eigenvalue weighted by Crippen LogP contribution is 2.38. The smallest absolute Gasteiger partial charge is 0.494 e. The molecule has 31 heavy (non-hydrogen) atoms. The summed E-state index contributed by atoms with van der Waals surface area (Å²) >= 11 is 0. The van der Waals surface area contributed by atoms with E-state index in [-0.39, 0.29) is 6.79 Å². The summed E-state index contributed by atoms with van der Waals surface area (Å²) in [5.41, 5.74) is 3.00. The summed E-state index contributed by atoms with van der Waals surface area (Å²) in [6.45, 7) is 8.20. The predicted molar refractivity (Wildman–Crippen MR) is 119 cm³/mol. The molecule has 0 saturated carbocycles. The molecule has 1 aliphatic heterocycles. The molecular formula is C22H28BN3O5. The molecule has 1 aliphatic rings. The van der Waals surface area contributed by atoms with Gasteiger partial charge in [0.2, 0.25) is 0 Å². The van der Waals surface area contributed by atoms with Gasteiger partial charge in [-0.3, -0.25) is 4.68 Å². The van der Waals surface area contributed by atoms with Crippen LogP contribution >= 0.6 is 0 Å². The molecule has 0 unspecified atom stereocenters. The van der Waals surface area contributed by atoms with Gasteiger partial charge in [-0.25, -0.2) is 4.98 Å². The van der Waals surface area contributed by atoms with Crippen LogP contribution in [0.2, 0.25) is 0 Å². The average Bonchev–Trinajstić information content (AvgIpc) is 3.19. The van der Waals surface area contributed by atoms with E-state index in [1.54, 1.807) is 18.9 Å². The van der Waals surface area contributed by atoms with Gasteiger partial charge in [0.05, 0.1) is 30.2 Å². The molecule has 0 bridgehead atoms. The number of aromatic nitrogens is 3. The fourth-order valence-corrected chi connectivity index (χ4v) is 3.50. The van der Waals surface area contributed by atoms with Gasteiger partial charge in [-0.1, -0.05) is 12.1 Å². The third-order valence-electron chi connectivity index (χ3n) is 5.92. The standard InChI is InChI=1S/C22H28BN3O5/c1-21(2)22(3,4)31-23(30-21)15-9-8-14(10-18(15)29-13-27-6)16-11-19(28-7)20-17(24-16)12-26(5)25-20/h8-12H,13H2,1-7H3. The Kier molecular flexibility index (Phi) is 5.45. The van der Waals surface area contributed by atoms with Crippen LogP contribution in [0.5, 0.6) is 11.5 Å². The quantitative estimate of drug-likeness (QED) is 0.444. The SMILES string of the molecule is COCOc1cc(-c2cc(OC)c3nn(C)cc3n2)ccc1B1OC(C)(C)C(C)(C)O1. The maximum absolute atomic E-state index is 6.22. The van der Waals surface area contributed by atoms with Crippen molar-refractivity contribution in [3.8, 4) is 22.8 Å². The molecular weight excluding hydrogens is 397 g/mol. The van der Waals surface area contributed by atoms with Gasteiger partial charge >= 0.3 is 7.12 Å². The lowest BCUT2D eigenvalue weighted by Crippen LogP contribution is -2.41. The summed E-state index contributed by atoms with van der Waals surface area (Å²) in [6, 6.07) is 7.72. The number of aryl methyl sites for hydroxylation is 1. The number of nitrogens with zero attached hydrogens (tertiary/aromatic N) is 3. The van der Waals surface area contributed by atoms with E-state index in [1.807, 2.05) is 65.2 Å². The molecule has 3 aromatic rings. The summed E-state index contributed by atoms with van der Waals surface area (Å²) in [5, 5.41) is 4.43. The second kappa shape index (κ2) is 7.82. The third-order valence-corrected chi connectivity index (χ3v) is 5.92. The minimum Gasteiger partial charge on any atom is -0.494 e. The Morgan fingerprint density at radius 1 is 1.03 bits per heavy atom. The van der Waals surface area contributed by atoms with Crippen molar-refractivity contribution in [3.63, 3.8) is 0 Å². The lowest BCUT2D eigenvalue weighted by molar-refractivity contribution is 0.00578. The van der Waals surface area contributed by atoms with E-state index in [9.17, 15) is 0 Å². The number of pyridine rings is 1. The van der Waals surface area contributed by atoms with Crippen LogP contribution in [-0.2, 0) is 21.1 Å². The molecule has 0 radical (unpaired) electrons. The van der Waals surface area contributed by atoms with Crippen LogP contribution in [0.4, 0.5) is 0 Å². The largest absolute Gasteiger partial charge is 0.498 e. The Morgan fingerprint density at radius 2 is 1.74 bits per heavy atom. The lowest BCUT2D eigenvalue weighted by atomic mass is 9.77. The second-order valence-corrected chi connectivity index (χ2v) is 8.64. The molecule has 1 fully saturated rings. The van der Waals surface area contributed by atoms with Crippen LogP contribution in [-0.4, -0.2) is 54.1 Å². The molecule has 164 valence electrons. The minimum absolute atomic E-state index is 0.106. The molecule has 1 aromatic carbocycles. The third kappa shape index (κ3) is 3.89. The van der Waals surface area contributed by atoms with Gasteiger partial charge in [0, 0.05) is 31.3 Å². The van der Waals surface area contributed by atoms with Gasteiger partial charge in [-0.05, 0) is 33.8 Å². The van der Waals surface area contributed by atoms with Crippen molar-refractivity contribution in [2.24, 2.45) is 7.05 Å². The van der Waals surface area contributed by atoms with E-state index in [2.05, 4.69) is 5.10 Å². The molecule has 0 aliphatic carbocycles. The summed E-state index contributed by atoms with van der Waals surface area (Å²) in [7, 11) is 4.52. The van der Waals surface area contributed by atoms with Crippen molar-refractivity contribution < 1.29 is 23.5 Å². The maximum Gasteiger partial charge on any atom is 0.498 e. The van der Waals surface area contributed by atoms with Crippen molar-refractivity contribution in [1.82, 2.24) is 14.8 Å². The normalized spacial score (nSPS) is 17.3. The lowest BCUT2D eigenvalue weighted by Gasteiger charge is -2.32. The highest BCUT2D eigenvalue weighted by molar-refractivity contribution is 6.63. The first-order chi connectivity index (χ1) is 14.6. The van der Waals surface area contributed by atoms with Crippen LogP contribution in [0.3, 0.4) is 0 Å². The summed E-state index contributed by atoms with van der Waals surface area (Å²) < 4.78 is 30.7. The molecule has 0 spiro atoms. The van der Waals surface area contributed by atoms with Crippen LogP contribution in [0, 0.1) is 0 Å². The molecule has 4 rings (SSSR count). The van der Waals surface area contributed by atoms with Crippen molar-refractivity contribution in [1.29, 1.82) is 0 Å². The van der Waals surface area contributed by atoms with Crippen molar-refractivity contribution in [2.75, 3.05) is 21.0 Å². The van der Waals surface area contributed by atoms with Crippen LogP contribution in [0.25, 0.3) is 22.3 Å². The van der Waals surface area contributed by atoms with Gasteiger partial charge in [-0.2, -0.15) is 5.10 Å². The highest BCUT2D eigenvalue weighted by atomic mass is 16.7. The summed E-state index contributed by atoms with van der Waals surface area (Å²) in [5.74, 6) is 1.28. The summed E-state index contributed by atoms with van der Waals surface area (Å²) in [6.07, 6.45) is 1.86. The first kappa shape index (κ1) is 21.6. The summed E-state index contributed by atoms with van der Waals surface area (Å²) in [4.78, 5) is 4.76.